The maximum Gasteiger partial charge on any atom is 4.00 e. The first kappa shape index (κ1) is 18.4. The molecule has 0 unspecified atom stereocenters. The van der Waals surface area contributed by atoms with Crippen molar-refractivity contribution in [3.05, 3.63) is 63.5 Å². The number of hydrogen-bond acceptors (Lipinski definition) is 0. The molecule has 0 N–H and O–H groups in total. The molecule has 0 nitrogen and oxygen atoms in total. The molecule has 69 valence electrons. The zero-order chi connectivity index (χ0) is 7.07. The predicted octanol–water partition coefficient (Wildman–Crippen LogP) is 3.51. The molecule has 2 rings (SSSR count). The molecule has 0 aromatic heterocycles. The van der Waals surface area contributed by atoms with Crippen molar-refractivity contribution in [2.45, 2.75) is 12.8 Å². The van der Waals surface area contributed by atoms with Crippen molar-refractivity contribution in [3.63, 3.8) is 0 Å². The van der Waals surface area contributed by atoms with E-state index in [4.69, 9.17) is 0 Å². The quantitative estimate of drug-likeness (QED) is 0.538. The second-order valence-electron chi connectivity index (χ2n) is 2.01. The van der Waals surface area contributed by atoms with Gasteiger partial charge in [-0.05, 0) is 0 Å². The minimum absolute atomic E-state index is 0. The van der Waals surface area contributed by atoms with E-state index in [1.807, 2.05) is 24.3 Å². The maximum atomic E-state index is 2.99. The summed E-state index contributed by atoms with van der Waals surface area (Å²) in [6.45, 7) is 0. The van der Waals surface area contributed by atoms with Crippen molar-refractivity contribution >= 4 is 0 Å². The van der Waals surface area contributed by atoms with E-state index in [1.165, 1.54) is 0 Å². The average molecular weight is 211 g/mol. The Kier molecular flexibility index (Phi) is 19.9. The molecule has 0 saturated carbocycles. The van der Waals surface area contributed by atoms with Crippen LogP contribution < -0.4 is 0 Å². The van der Waals surface area contributed by atoms with Crippen LogP contribution in [0.1, 0.15) is 12.8 Å². The number of hydrogen-bond donors (Lipinski definition) is 0. The van der Waals surface area contributed by atoms with Crippen molar-refractivity contribution in [2.75, 3.05) is 0 Å². The van der Waals surface area contributed by atoms with Gasteiger partial charge in [-0.2, -0.15) is 12.2 Å². The Morgan fingerprint density at radius 3 is 1.23 bits per heavy atom. The third kappa shape index (κ3) is 11.5. The molecule has 0 saturated heterocycles. The average Bonchev–Trinajstić information content (AvgIpc) is 2.67. The largest absolute Gasteiger partial charge is 4.00 e. The van der Waals surface area contributed by atoms with Gasteiger partial charge < -0.3 is 14.9 Å². The van der Waals surface area contributed by atoms with E-state index in [0.717, 1.165) is 12.8 Å². The van der Waals surface area contributed by atoms with Gasteiger partial charge in [0.05, 0.1) is 0 Å². The van der Waals surface area contributed by atoms with Gasteiger partial charge in [-0.3, -0.25) is 12.2 Å². The van der Waals surface area contributed by atoms with Crippen molar-refractivity contribution in [2.24, 2.45) is 0 Å². The van der Waals surface area contributed by atoms with Crippen LogP contribution in [0.25, 0.3) is 0 Å². The van der Waals surface area contributed by atoms with E-state index < -0.39 is 0 Å². The third-order valence-corrected chi connectivity index (χ3v) is 1.17. The second-order valence-corrected chi connectivity index (χ2v) is 2.01. The van der Waals surface area contributed by atoms with Crippen molar-refractivity contribution < 1.29 is 18.6 Å². The zero-order valence-corrected chi connectivity index (χ0v) is 9.72. The van der Waals surface area contributed by atoms with Crippen LogP contribution in [0.2, 0.25) is 0 Å². The smallest absolute Gasteiger partial charge is 0.358 e. The Balaban J connectivity index is -0.000000125. The molecular formula is C12H16V. The Morgan fingerprint density at radius 2 is 1.15 bits per heavy atom. The molecule has 0 amide bonds. The van der Waals surface area contributed by atoms with Gasteiger partial charge >= 0.3 is 18.6 Å². The summed E-state index contributed by atoms with van der Waals surface area (Å²) < 4.78 is 0. The summed E-state index contributed by atoms with van der Waals surface area (Å²) in [7, 11) is 0. The maximum absolute atomic E-state index is 2.99. The van der Waals surface area contributed by atoms with Crippen LogP contribution in [-0.4, -0.2) is 0 Å². The molecule has 0 spiro atoms. The van der Waals surface area contributed by atoms with Crippen molar-refractivity contribution in [3.8, 4) is 0 Å². The molecule has 0 heterocycles. The summed E-state index contributed by atoms with van der Waals surface area (Å²) in [5.41, 5.74) is 0. The van der Waals surface area contributed by atoms with Gasteiger partial charge in [-0.1, -0.05) is 0 Å². The Morgan fingerprint density at radius 1 is 0.769 bits per heavy atom. The Bertz CT molecular complexity index is 143. The van der Waals surface area contributed by atoms with Crippen LogP contribution in [0.15, 0.2) is 36.5 Å². The minimum atomic E-state index is 0. The third-order valence-electron chi connectivity index (χ3n) is 1.17. The SMILES string of the molecule is [C-]1=CC=CC1.[C-]1=CC=CC1.[CH3-].[CH3-].[V+4]. The molecule has 1 radical (unpaired) electrons. The van der Waals surface area contributed by atoms with Crippen molar-refractivity contribution in [1.29, 1.82) is 0 Å². The molecule has 2 aliphatic rings. The normalized spacial score (nSPS) is 13.5. The first-order valence-electron chi connectivity index (χ1n) is 3.43. The first-order valence-corrected chi connectivity index (χ1v) is 3.43. The fraction of sp³-hybridized carbons (Fsp3) is 0.167. The van der Waals surface area contributed by atoms with Crippen LogP contribution in [0, 0.1) is 27.0 Å². The van der Waals surface area contributed by atoms with E-state index in [1.54, 1.807) is 0 Å². The van der Waals surface area contributed by atoms with Crippen LogP contribution in [0.3, 0.4) is 0 Å². The second kappa shape index (κ2) is 14.1. The summed E-state index contributed by atoms with van der Waals surface area (Å²) in [4.78, 5) is 0. The molecule has 0 aromatic carbocycles. The predicted molar refractivity (Wildman–Crippen MR) is 56.0 cm³/mol. The number of allylic oxidation sites excluding steroid dienone is 8. The van der Waals surface area contributed by atoms with E-state index in [2.05, 4.69) is 24.3 Å². The van der Waals surface area contributed by atoms with Gasteiger partial charge in [0, 0.05) is 0 Å². The summed E-state index contributed by atoms with van der Waals surface area (Å²) in [5, 5.41) is 0. The molecule has 2 aliphatic carbocycles. The van der Waals surface area contributed by atoms with E-state index in [9.17, 15) is 0 Å². The monoisotopic (exact) mass is 211 g/mol. The first-order chi connectivity index (χ1) is 5.00. The van der Waals surface area contributed by atoms with Gasteiger partial charge in [0.2, 0.25) is 0 Å². The molecule has 0 aliphatic heterocycles. The fourth-order valence-electron chi connectivity index (χ4n) is 0.680. The summed E-state index contributed by atoms with van der Waals surface area (Å²) in [6.07, 6.45) is 20.0. The molecule has 1 heteroatoms. The summed E-state index contributed by atoms with van der Waals surface area (Å²) in [5.74, 6) is 0. The van der Waals surface area contributed by atoms with Crippen LogP contribution in [0.4, 0.5) is 0 Å². The van der Waals surface area contributed by atoms with Gasteiger partial charge in [0.25, 0.3) is 0 Å². The summed E-state index contributed by atoms with van der Waals surface area (Å²) >= 11 is 0. The molecule has 13 heavy (non-hydrogen) atoms. The minimum Gasteiger partial charge on any atom is -0.358 e. The van der Waals surface area contributed by atoms with Crippen LogP contribution >= 0.6 is 0 Å². The van der Waals surface area contributed by atoms with Gasteiger partial charge in [-0.25, -0.2) is 24.3 Å². The van der Waals surface area contributed by atoms with Gasteiger partial charge in [-0.15, -0.1) is 12.8 Å². The van der Waals surface area contributed by atoms with E-state index in [-0.39, 0.29) is 33.4 Å². The van der Waals surface area contributed by atoms with Crippen LogP contribution in [0.5, 0.6) is 0 Å². The number of rotatable bonds is 0. The fourth-order valence-corrected chi connectivity index (χ4v) is 0.680. The molecule has 0 fully saturated rings. The Labute approximate surface area is 95.0 Å². The molecule has 0 atom stereocenters. The Hall–Kier alpha value is -0.456. The zero-order valence-electron chi connectivity index (χ0n) is 8.33. The molecule has 0 bridgehead atoms. The van der Waals surface area contributed by atoms with Gasteiger partial charge in [0.1, 0.15) is 0 Å². The van der Waals surface area contributed by atoms with Gasteiger partial charge in [0.15, 0.2) is 0 Å². The van der Waals surface area contributed by atoms with Crippen molar-refractivity contribution in [1.82, 2.24) is 0 Å². The molecule has 0 aromatic rings. The summed E-state index contributed by atoms with van der Waals surface area (Å²) in [6, 6.07) is 0. The van der Waals surface area contributed by atoms with E-state index >= 15 is 0 Å². The molecular weight excluding hydrogens is 195 g/mol. The standard InChI is InChI=1S/2C5H5.2CH3.V/c2*1-2-4-5-3-1;;;/h2*1-3H,4H2;2*1H3;/q4*-1;+4. The topological polar surface area (TPSA) is 0 Å². The van der Waals surface area contributed by atoms with Crippen LogP contribution in [-0.2, 0) is 18.6 Å². The van der Waals surface area contributed by atoms with E-state index in [0.29, 0.717) is 0 Å².